The van der Waals surface area contributed by atoms with E-state index < -0.39 is 17.3 Å². The summed E-state index contributed by atoms with van der Waals surface area (Å²) in [5.41, 5.74) is 0. The molecule has 0 radical (unpaired) electrons. The van der Waals surface area contributed by atoms with Crippen molar-refractivity contribution in [1.82, 2.24) is 4.90 Å². The van der Waals surface area contributed by atoms with E-state index in [4.69, 9.17) is 9.47 Å². The van der Waals surface area contributed by atoms with Crippen molar-refractivity contribution in [2.75, 3.05) is 19.8 Å². The predicted octanol–water partition coefficient (Wildman–Crippen LogP) is 1.49. The third-order valence-corrected chi connectivity index (χ3v) is 3.98. The van der Waals surface area contributed by atoms with E-state index in [9.17, 15) is 14.9 Å². The van der Waals surface area contributed by atoms with Crippen LogP contribution >= 0.6 is 11.8 Å². The van der Waals surface area contributed by atoms with Crippen LogP contribution < -0.4 is 0 Å². The van der Waals surface area contributed by atoms with E-state index in [-0.39, 0.29) is 12.5 Å². The lowest BCUT2D eigenvalue weighted by molar-refractivity contribution is -0.147. The molecule has 6 nitrogen and oxygen atoms in total. The molecule has 1 saturated heterocycles. The van der Waals surface area contributed by atoms with Crippen LogP contribution in [0.5, 0.6) is 0 Å². The van der Waals surface area contributed by atoms with Gasteiger partial charge in [-0.25, -0.2) is 0 Å². The molecule has 0 saturated carbocycles. The highest BCUT2D eigenvalue weighted by atomic mass is 32.2. The molecule has 0 aromatic rings. The van der Waals surface area contributed by atoms with Crippen molar-refractivity contribution in [2.45, 2.75) is 26.1 Å². The van der Waals surface area contributed by atoms with Crippen molar-refractivity contribution in [3.05, 3.63) is 11.2 Å². The number of hydrogen-bond donors (Lipinski definition) is 0. The lowest BCUT2D eigenvalue weighted by atomic mass is 10.1. The van der Waals surface area contributed by atoms with Gasteiger partial charge in [-0.2, -0.15) is 5.26 Å². The highest BCUT2D eigenvalue weighted by Gasteiger charge is 2.44. The summed E-state index contributed by atoms with van der Waals surface area (Å²) in [5, 5.41) is 8.63. The van der Waals surface area contributed by atoms with Gasteiger partial charge in [-0.05, 0) is 20.8 Å². The summed E-state index contributed by atoms with van der Waals surface area (Å²) in [6, 6.07) is 1.93. The third-order valence-electron chi connectivity index (χ3n) is 2.69. The Bertz CT molecular complexity index is 444. The van der Waals surface area contributed by atoms with Gasteiger partial charge in [-0.1, -0.05) is 11.8 Å². The number of thioether (sulfide) groups is 1. The zero-order valence-corrected chi connectivity index (χ0v) is 12.6. The first kappa shape index (κ1) is 16.4. The van der Waals surface area contributed by atoms with E-state index >= 15 is 0 Å². The third kappa shape index (κ3) is 3.45. The van der Waals surface area contributed by atoms with Gasteiger partial charge >= 0.3 is 5.97 Å². The second-order valence-electron chi connectivity index (χ2n) is 3.90. The average Bonchev–Trinajstić information content (AvgIpc) is 2.74. The van der Waals surface area contributed by atoms with Crippen LogP contribution in [0.4, 0.5) is 0 Å². The fraction of sp³-hybridized carbons (Fsp3) is 0.615. The Labute approximate surface area is 122 Å². The van der Waals surface area contributed by atoms with Gasteiger partial charge in [0.25, 0.3) is 5.91 Å². The fourth-order valence-electron chi connectivity index (χ4n) is 1.77. The number of amides is 1. The van der Waals surface area contributed by atoms with Crippen molar-refractivity contribution >= 4 is 23.6 Å². The standard InChI is InChI=1S/C13H18N2O4S/c1-4-15-11(16)10(8-18-5-2)20-12(15)9(7-14)13(17)19-6-3/h8-9,12H,4-6H2,1-3H3/b10-8-/t9-,12?/m0/s1. The summed E-state index contributed by atoms with van der Waals surface area (Å²) in [6.07, 6.45) is 1.38. The van der Waals surface area contributed by atoms with Crippen molar-refractivity contribution < 1.29 is 19.1 Å². The maximum atomic E-state index is 12.1. The van der Waals surface area contributed by atoms with Crippen LogP contribution in [0.2, 0.25) is 0 Å². The Morgan fingerprint density at radius 1 is 1.50 bits per heavy atom. The second-order valence-corrected chi connectivity index (χ2v) is 5.05. The van der Waals surface area contributed by atoms with Gasteiger partial charge in [0.05, 0.1) is 19.3 Å². The van der Waals surface area contributed by atoms with Gasteiger partial charge in [0.1, 0.15) is 16.5 Å². The molecule has 0 aromatic heterocycles. The van der Waals surface area contributed by atoms with E-state index in [2.05, 4.69) is 0 Å². The van der Waals surface area contributed by atoms with Crippen molar-refractivity contribution in [1.29, 1.82) is 5.26 Å². The molecular weight excluding hydrogens is 280 g/mol. The Morgan fingerprint density at radius 3 is 2.70 bits per heavy atom. The number of carbonyl (C=O) groups excluding carboxylic acids is 2. The van der Waals surface area contributed by atoms with Crippen LogP contribution in [0.3, 0.4) is 0 Å². The van der Waals surface area contributed by atoms with E-state index in [1.54, 1.807) is 13.8 Å². The Morgan fingerprint density at radius 2 is 2.20 bits per heavy atom. The minimum atomic E-state index is -1.00. The fourth-order valence-corrected chi connectivity index (χ4v) is 3.06. The van der Waals surface area contributed by atoms with Gasteiger partial charge in [0.15, 0.2) is 5.92 Å². The molecule has 0 bridgehead atoms. The molecule has 1 fully saturated rings. The zero-order chi connectivity index (χ0) is 15.1. The molecule has 1 aliphatic heterocycles. The van der Waals surface area contributed by atoms with E-state index in [1.807, 2.05) is 13.0 Å². The maximum Gasteiger partial charge on any atom is 0.326 e. The molecule has 110 valence electrons. The van der Waals surface area contributed by atoms with Crippen LogP contribution in [-0.2, 0) is 19.1 Å². The molecule has 1 unspecified atom stereocenters. The van der Waals surface area contributed by atoms with Crippen LogP contribution in [0, 0.1) is 17.2 Å². The first-order valence-electron chi connectivity index (χ1n) is 6.46. The minimum absolute atomic E-state index is 0.204. The highest BCUT2D eigenvalue weighted by Crippen LogP contribution is 2.39. The summed E-state index contributed by atoms with van der Waals surface area (Å²) in [6.45, 7) is 6.36. The monoisotopic (exact) mass is 298 g/mol. The van der Waals surface area contributed by atoms with Crippen LogP contribution in [0.25, 0.3) is 0 Å². The van der Waals surface area contributed by atoms with Gasteiger partial charge in [-0.15, -0.1) is 0 Å². The second kappa shape index (κ2) is 7.80. The lowest BCUT2D eigenvalue weighted by Crippen LogP contribution is -2.40. The smallest absolute Gasteiger partial charge is 0.326 e. The van der Waals surface area contributed by atoms with Crippen molar-refractivity contribution in [3.63, 3.8) is 0 Å². The molecule has 2 atom stereocenters. The molecular formula is C13H18N2O4S. The van der Waals surface area contributed by atoms with Gasteiger partial charge in [0, 0.05) is 6.54 Å². The number of rotatable bonds is 6. The average molecular weight is 298 g/mol. The SMILES string of the molecule is CCO/C=C1\SC([C@H](C#N)C(=O)OCC)N(CC)C1=O. The molecule has 7 heteroatoms. The lowest BCUT2D eigenvalue weighted by Gasteiger charge is -2.23. The summed E-state index contributed by atoms with van der Waals surface area (Å²) in [7, 11) is 0. The quantitative estimate of drug-likeness (QED) is 0.420. The highest BCUT2D eigenvalue weighted by molar-refractivity contribution is 8.05. The molecule has 1 aliphatic rings. The first-order valence-corrected chi connectivity index (χ1v) is 7.34. The van der Waals surface area contributed by atoms with Gasteiger partial charge < -0.3 is 14.4 Å². The number of ether oxygens (including phenoxy) is 2. The zero-order valence-electron chi connectivity index (χ0n) is 11.8. The van der Waals surface area contributed by atoms with Crippen molar-refractivity contribution in [3.8, 4) is 6.07 Å². The Hall–Kier alpha value is -1.68. The Kier molecular flexibility index (Phi) is 6.39. The molecule has 1 rings (SSSR count). The molecule has 0 aromatic carbocycles. The number of nitriles is 1. The molecule has 0 aliphatic carbocycles. The summed E-state index contributed by atoms with van der Waals surface area (Å²) >= 11 is 1.17. The van der Waals surface area contributed by atoms with Gasteiger partial charge in [-0.3, -0.25) is 9.59 Å². The minimum Gasteiger partial charge on any atom is -0.500 e. The molecule has 0 spiro atoms. The van der Waals surface area contributed by atoms with Crippen molar-refractivity contribution in [2.24, 2.45) is 5.92 Å². The molecule has 1 amide bonds. The summed E-state index contributed by atoms with van der Waals surface area (Å²) in [4.78, 5) is 25.8. The number of likely N-dealkylation sites (N-methyl/N-ethyl adjacent to an activating group) is 1. The number of esters is 1. The van der Waals surface area contributed by atoms with Gasteiger partial charge in [0.2, 0.25) is 0 Å². The topological polar surface area (TPSA) is 79.6 Å². The summed E-state index contributed by atoms with van der Waals surface area (Å²) < 4.78 is 10.0. The molecule has 20 heavy (non-hydrogen) atoms. The van der Waals surface area contributed by atoms with E-state index in [0.717, 1.165) is 0 Å². The molecule has 1 heterocycles. The normalized spacial score (nSPS) is 21.7. The maximum absolute atomic E-state index is 12.1. The Balaban J connectivity index is 2.95. The first-order chi connectivity index (χ1) is 9.60. The molecule has 0 N–H and O–H groups in total. The summed E-state index contributed by atoms with van der Waals surface area (Å²) in [5.74, 6) is -1.83. The van der Waals surface area contributed by atoms with E-state index in [1.165, 1.54) is 22.9 Å². The number of carbonyl (C=O) groups is 2. The number of hydrogen-bond acceptors (Lipinski definition) is 6. The number of nitrogens with zero attached hydrogens (tertiary/aromatic N) is 2. The van der Waals surface area contributed by atoms with Crippen LogP contribution in [0.1, 0.15) is 20.8 Å². The van der Waals surface area contributed by atoms with Crippen LogP contribution in [0.15, 0.2) is 11.2 Å². The predicted molar refractivity (Wildman–Crippen MR) is 74.2 cm³/mol. The van der Waals surface area contributed by atoms with E-state index in [0.29, 0.717) is 18.1 Å². The van der Waals surface area contributed by atoms with Crippen LogP contribution in [-0.4, -0.2) is 41.9 Å². The largest absolute Gasteiger partial charge is 0.500 e.